The fourth-order valence-electron chi connectivity index (χ4n) is 2.84. The molecule has 0 saturated heterocycles. The molecule has 1 aromatic heterocycles. The van der Waals surface area contributed by atoms with E-state index >= 15 is 0 Å². The zero-order valence-corrected chi connectivity index (χ0v) is 18.5. The molecule has 0 atom stereocenters. The summed E-state index contributed by atoms with van der Waals surface area (Å²) >= 11 is 9.02. The van der Waals surface area contributed by atoms with Crippen molar-refractivity contribution < 1.29 is 4.74 Å². The van der Waals surface area contributed by atoms with Gasteiger partial charge in [-0.3, -0.25) is 4.68 Å². The fourth-order valence-corrected chi connectivity index (χ4v) is 3.36. The summed E-state index contributed by atoms with van der Waals surface area (Å²) in [5, 5.41) is 11.5. The van der Waals surface area contributed by atoms with Gasteiger partial charge in [0.2, 0.25) is 0 Å². The summed E-state index contributed by atoms with van der Waals surface area (Å²) in [4.78, 5) is 0. The number of benzene rings is 2. The van der Waals surface area contributed by atoms with Crippen LogP contribution >= 0.6 is 28.1 Å². The zero-order valence-electron chi connectivity index (χ0n) is 16.1. The molecule has 7 heteroatoms. The van der Waals surface area contributed by atoms with Crippen LogP contribution in [-0.4, -0.2) is 21.5 Å². The Balaban J connectivity index is 1.63. The number of ether oxygens (including phenoxy) is 1. The van der Waals surface area contributed by atoms with E-state index in [0.29, 0.717) is 18.3 Å². The lowest BCUT2D eigenvalue weighted by molar-refractivity contribution is 0.340. The molecule has 0 radical (unpaired) electrons. The third kappa shape index (κ3) is 5.11. The highest BCUT2D eigenvalue weighted by Gasteiger charge is 2.09. The van der Waals surface area contributed by atoms with E-state index in [9.17, 15) is 0 Å². The summed E-state index contributed by atoms with van der Waals surface area (Å²) in [5.74, 6) is 0.843. The van der Waals surface area contributed by atoms with Gasteiger partial charge in [-0.15, -0.1) is 0 Å². The molecular weight excluding hydrogens is 436 g/mol. The van der Waals surface area contributed by atoms with E-state index in [2.05, 4.69) is 50.7 Å². The second-order valence-electron chi connectivity index (χ2n) is 6.38. The Morgan fingerprint density at radius 1 is 1.11 bits per heavy atom. The number of nitrogens with zero attached hydrogens (tertiary/aromatic N) is 2. The molecule has 28 heavy (non-hydrogen) atoms. The minimum Gasteiger partial charge on any atom is -0.494 e. The molecule has 0 fully saturated rings. The molecule has 0 aliphatic rings. The minimum atomic E-state index is 0.537. The van der Waals surface area contributed by atoms with Crippen LogP contribution in [-0.2, 0) is 6.54 Å². The van der Waals surface area contributed by atoms with Gasteiger partial charge in [0, 0.05) is 11.4 Å². The van der Waals surface area contributed by atoms with E-state index in [1.807, 2.05) is 54.9 Å². The SMILES string of the molecule is CCOc1ccc(NC(=S)Nc2cccc(Cn3nc(C)c(Br)c3C)c2)cc1. The van der Waals surface area contributed by atoms with Crippen LogP contribution in [0.1, 0.15) is 23.9 Å². The summed E-state index contributed by atoms with van der Waals surface area (Å²) < 4.78 is 8.51. The lowest BCUT2D eigenvalue weighted by Gasteiger charge is -2.12. The Bertz CT molecular complexity index is 969. The predicted octanol–water partition coefficient (Wildman–Crippen LogP) is 5.52. The van der Waals surface area contributed by atoms with Gasteiger partial charge in [-0.2, -0.15) is 5.10 Å². The van der Waals surface area contributed by atoms with Crippen LogP contribution in [0.3, 0.4) is 0 Å². The quantitative estimate of drug-likeness (QED) is 0.476. The average Bonchev–Trinajstić information content (AvgIpc) is 2.90. The Morgan fingerprint density at radius 3 is 2.46 bits per heavy atom. The predicted molar refractivity (Wildman–Crippen MR) is 122 cm³/mol. The van der Waals surface area contributed by atoms with Gasteiger partial charge in [0.15, 0.2) is 5.11 Å². The maximum atomic E-state index is 5.45. The first-order valence-corrected chi connectivity index (χ1v) is 10.3. The van der Waals surface area contributed by atoms with Crippen molar-refractivity contribution in [3.8, 4) is 5.75 Å². The molecule has 2 N–H and O–H groups in total. The molecule has 0 bridgehead atoms. The summed E-state index contributed by atoms with van der Waals surface area (Å²) in [6.07, 6.45) is 0. The smallest absolute Gasteiger partial charge is 0.175 e. The number of aryl methyl sites for hydroxylation is 1. The number of aromatic nitrogens is 2. The van der Waals surface area contributed by atoms with Crippen molar-refractivity contribution in [1.82, 2.24) is 9.78 Å². The van der Waals surface area contributed by atoms with Crippen LogP contribution in [0, 0.1) is 13.8 Å². The average molecular weight is 459 g/mol. The van der Waals surface area contributed by atoms with E-state index < -0.39 is 0 Å². The van der Waals surface area contributed by atoms with Gasteiger partial charge in [0.1, 0.15) is 5.75 Å². The number of rotatable bonds is 6. The third-order valence-electron chi connectivity index (χ3n) is 4.23. The second-order valence-corrected chi connectivity index (χ2v) is 7.58. The maximum Gasteiger partial charge on any atom is 0.175 e. The monoisotopic (exact) mass is 458 g/mol. The highest BCUT2D eigenvalue weighted by atomic mass is 79.9. The van der Waals surface area contributed by atoms with Crippen LogP contribution in [0.5, 0.6) is 5.75 Å². The van der Waals surface area contributed by atoms with E-state index in [1.165, 1.54) is 0 Å². The van der Waals surface area contributed by atoms with Crippen molar-refractivity contribution in [2.75, 3.05) is 17.2 Å². The van der Waals surface area contributed by atoms with Gasteiger partial charge < -0.3 is 15.4 Å². The van der Waals surface area contributed by atoms with Crippen LogP contribution in [0.15, 0.2) is 53.0 Å². The van der Waals surface area contributed by atoms with Crippen LogP contribution in [0.25, 0.3) is 0 Å². The Kier molecular flexibility index (Phi) is 6.70. The molecule has 0 amide bonds. The molecule has 3 aromatic rings. The van der Waals surface area contributed by atoms with Crippen LogP contribution in [0.4, 0.5) is 11.4 Å². The molecule has 0 saturated carbocycles. The lowest BCUT2D eigenvalue weighted by atomic mass is 10.2. The molecule has 3 rings (SSSR count). The van der Waals surface area contributed by atoms with Gasteiger partial charge in [-0.05, 0) is 90.9 Å². The highest BCUT2D eigenvalue weighted by Crippen LogP contribution is 2.21. The first-order chi connectivity index (χ1) is 13.5. The fraction of sp³-hybridized carbons (Fsp3) is 0.238. The number of hydrogen-bond acceptors (Lipinski definition) is 3. The standard InChI is InChI=1S/C21H23BrN4OS/c1-4-27-19-10-8-17(9-11-19)23-21(28)24-18-7-5-6-16(12-18)13-26-15(3)20(22)14(2)25-26/h5-12H,4,13H2,1-3H3,(H2,23,24,28). The number of thiocarbonyl (C=S) groups is 1. The zero-order chi connectivity index (χ0) is 20.1. The van der Waals surface area contributed by atoms with Crippen molar-refractivity contribution in [2.24, 2.45) is 0 Å². The third-order valence-corrected chi connectivity index (χ3v) is 5.59. The number of halogens is 1. The molecule has 0 unspecified atom stereocenters. The van der Waals surface area contributed by atoms with Crippen LogP contribution in [0.2, 0.25) is 0 Å². The summed E-state index contributed by atoms with van der Waals surface area (Å²) in [7, 11) is 0. The Hall–Kier alpha value is -2.38. The van der Waals surface area contributed by atoms with Crippen molar-refractivity contribution in [2.45, 2.75) is 27.3 Å². The van der Waals surface area contributed by atoms with E-state index in [0.717, 1.165) is 38.5 Å². The van der Waals surface area contributed by atoms with E-state index in [1.54, 1.807) is 0 Å². The van der Waals surface area contributed by atoms with Gasteiger partial charge in [-0.1, -0.05) is 12.1 Å². The minimum absolute atomic E-state index is 0.537. The van der Waals surface area contributed by atoms with Gasteiger partial charge >= 0.3 is 0 Å². The van der Waals surface area contributed by atoms with Gasteiger partial charge in [-0.25, -0.2) is 0 Å². The number of hydrogen-bond donors (Lipinski definition) is 2. The summed E-state index contributed by atoms with van der Waals surface area (Å²) in [6, 6.07) is 15.9. The van der Waals surface area contributed by atoms with E-state index in [-0.39, 0.29) is 0 Å². The lowest BCUT2D eigenvalue weighted by Crippen LogP contribution is -2.19. The number of anilines is 2. The van der Waals surface area contributed by atoms with Crippen molar-refractivity contribution in [1.29, 1.82) is 0 Å². The van der Waals surface area contributed by atoms with Gasteiger partial charge in [0.25, 0.3) is 0 Å². The largest absolute Gasteiger partial charge is 0.494 e. The second kappa shape index (κ2) is 9.21. The van der Waals surface area contributed by atoms with Crippen molar-refractivity contribution in [3.63, 3.8) is 0 Å². The maximum absolute atomic E-state index is 5.45. The molecule has 0 aliphatic carbocycles. The highest BCUT2D eigenvalue weighted by molar-refractivity contribution is 9.10. The summed E-state index contributed by atoms with van der Waals surface area (Å²) in [5.41, 5.74) is 5.09. The topological polar surface area (TPSA) is 51.1 Å². The molecular formula is C21H23BrN4OS. The van der Waals surface area contributed by atoms with Crippen LogP contribution < -0.4 is 15.4 Å². The Morgan fingerprint density at radius 2 is 1.82 bits per heavy atom. The van der Waals surface area contributed by atoms with Crippen molar-refractivity contribution in [3.05, 3.63) is 70.0 Å². The molecule has 2 aromatic carbocycles. The van der Waals surface area contributed by atoms with Gasteiger partial charge in [0.05, 0.1) is 29.0 Å². The van der Waals surface area contributed by atoms with Crippen molar-refractivity contribution >= 4 is 44.6 Å². The first-order valence-electron chi connectivity index (χ1n) is 9.05. The molecule has 146 valence electrons. The molecule has 5 nitrogen and oxygen atoms in total. The normalized spacial score (nSPS) is 10.6. The first kappa shape index (κ1) is 20.4. The molecule has 0 aliphatic heterocycles. The number of nitrogens with one attached hydrogen (secondary N) is 2. The summed E-state index contributed by atoms with van der Waals surface area (Å²) in [6.45, 7) is 7.37. The molecule has 0 spiro atoms. The molecule has 1 heterocycles. The van der Waals surface area contributed by atoms with E-state index in [4.69, 9.17) is 17.0 Å². The Labute approximate surface area is 179 Å².